The monoisotopic (exact) mass is 440 g/mol. The van der Waals surface area contributed by atoms with Crippen LogP contribution in [0.25, 0.3) is 22.0 Å². The van der Waals surface area contributed by atoms with Crippen molar-refractivity contribution < 1.29 is 13.7 Å². The summed E-state index contributed by atoms with van der Waals surface area (Å²) in [6.07, 6.45) is 1.35. The third-order valence-electron chi connectivity index (χ3n) is 4.64. The second-order valence-corrected chi connectivity index (χ2v) is 7.90. The van der Waals surface area contributed by atoms with Gasteiger partial charge in [0.25, 0.3) is 0 Å². The van der Waals surface area contributed by atoms with Crippen LogP contribution in [0, 0.1) is 5.82 Å². The Morgan fingerprint density at radius 3 is 2.90 bits per heavy atom. The highest BCUT2D eigenvalue weighted by molar-refractivity contribution is 7.13. The first-order valence-corrected chi connectivity index (χ1v) is 10.6. The van der Waals surface area contributed by atoms with Gasteiger partial charge in [-0.05, 0) is 42.1 Å². The van der Waals surface area contributed by atoms with Crippen molar-refractivity contribution in [3.05, 3.63) is 65.2 Å². The molecule has 0 radical (unpaired) electrons. The molecule has 1 aromatic carbocycles. The van der Waals surface area contributed by atoms with E-state index in [4.69, 9.17) is 4.52 Å². The zero-order valence-electron chi connectivity index (χ0n) is 16.8. The molecule has 0 bridgehead atoms. The first-order chi connectivity index (χ1) is 15.1. The third-order valence-corrected chi connectivity index (χ3v) is 5.51. The summed E-state index contributed by atoms with van der Waals surface area (Å²) in [5.74, 6) is 1.65. The smallest absolute Gasteiger partial charge is 0.317 e. The van der Waals surface area contributed by atoms with E-state index in [1.807, 2.05) is 23.6 Å². The first kappa shape index (κ1) is 20.7. The van der Waals surface area contributed by atoms with Gasteiger partial charge in [0.1, 0.15) is 23.1 Å². The predicted molar refractivity (Wildman–Crippen MR) is 115 cm³/mol. The normalized spacial score (nSPS) is 10.9. The maximum atomic E-state index is 13.0. The van der Waals surface area contributed by atoms with Crippen LogP contribution in [0.5, 0.6) is 0 Å². The number of thiophene rings is 1. The molecule has 0 aliphatic carbocycles. The highest BCUT2D eigenvalue weighted by atomic mass is 32.1. The molecular formula is C21H21FN6O2S. The molecular weight excluding hydrogens is 419 g/mol. The number of nitrogens with zero attached hydrogens (tertiary/aromatic N) is 4. The number of amides is 2. The maximum absolute atomic E-state index is 13.0. The van der Waals surface area contributed by atoms with Crippen molar-refractivity contribution >= 4 is 17.4 Å². The van der Waals surface area contributed by atoms with E-state index in [0.717, 1.165) is 16.2 Å². The lowest BCUT2D eigenvalue weighted by Gasteiger charge is -2.17. The van der Waals surface area contributed by atoms with Crippen LogP contribution in [0.4, 0.5) is 9.18 Å². The molecule has 0 saturated heterocycles. The van der Waals surface area contributed by atoms with Gasteiger partial charge >= 0.3 is 6.03 Å². The number of nitrogens with one attached hydrogen (secondary N) is 2. The zero-order valence-corrected chi connectivity index (χ0v) is 17.7. The maximum Gasteiger partial charge on any atom is 0.317 e. The summed E-state index contributed by atoms with van der Waals surface area (Å²) >= 11 is 1.56. The molecule has 0 aliphatic heterocycles. The first-order valence-electron chi connectivity index (χ1n) is 9.74. The number of urea groups is 1. The number of carbonyl (C=O) groups excluding carboxylic acids is 1. The van der Waals surface area contributed by atoms with Gasteiger partial charge in [-0.1, -0.05) is 11.2 Å². The number of hydrogen-bond acceptors (Lipinski definition) is 6. The molecule has 0 spiro atoms. The Labute approximate surface area is 182 Å². The zero-order chi connectivity index (χ0) is 21.6. The minimum atomic E-state index is -0.292. The molecule has 0 unspecified atom stereocenters. The second-order valence-electron chi connectivity index (χ2n) is 6.95. The van der Waals surface area contributed by atoms with E-state index in [1.54, 1.807) is 35.4 Å². The van der Waals surface area contributed by atoms with Crippen molar-refractivity contribution in [2.45, 2.75) is 19.4 Å². The summed E-state index contributed by atoms with van der Waals surface area (Å²) in [5.41, 5.74) is 1.46. The summed E-state index contributed by atoms with van der Waals surface area (Å²) in [6, 6.07) is 11.6. The average Bonchev–Trinajstić information content (AvgIpc) is 3.54. The lowest BCUT2D eigenvalue weighted by atomic mass is 10.1. The Balaban J connectivity index is 1.20. The van der Waals surface area contributed by atoms with Crippen molar-refractivity contribution in [3.8, 4) is 22.0 Å². The molecule has 160 valence electrons. The van der Waals surface area contributed by atoms with Gasteiger partial charge in [0.05, 0.1) is 11.4 Å². The largest absolute Gasteiger partial charge is 0.361 e. The van der Waals surface area contributed by atoms with Crippen molar-refractivity contribution in [2.24, 2.45) is 0 Å². The minimum absolute atomic E-state index is 0.196. The lowest BCUT2D eigenvalue weighted by Crippen LogP contribution is -2.37. The van der Waals surface area contributed by atoms with Crippen molar-refractivity contribution in [1.82, 2.24) is 30.6 Å². The number of rotatable bonds is 8. The standard InChI is InChI=1S/C21H21FN6O2S/c1-28(21(29)23-13-19-24-20(26-25-19)18-5-3-11-31-18)10-2-4-16-12-17(27-30-16)14-6-8-15(22)9-7-14/h3,5-9,11-12H,2,4,10,13H2,1H3,(H,23,29)(H,24,25,26). The van der Waals surface area contributed by atoms with Gasteiger partial charge in [0.15, 0.2) is 5.82 Å². The van der Waals surface area contributed by atoms with Crippen LogP contribution in [0.1, 0.15) is 18.0 Å². The number of aromatic nitrogens is 4. The van der Waals surface area contributed by atoms with E-state index in [9.17, 15) is 9.18 Å². The summed E-state index contributed by atoms with van der Waals surface area (Å²) < 4.78 is 18.4. The molecule has 0 atom stereocenters. The molecule has 0 saturated carbocycles. The van der Waals surface area contributed by atoms with E-state index in [0.29, 0.717) is 36.7 Å². The molecule has 0 aliphatic rings. The fourth-order valence-electron chi connectivity index (χ4n) is 2.96. The van der Waals surface area contributed by atoms with Crippen molar-refractivity contribution in [3.63, 3.8) is 0 Å². The van der Waals surface area contributed by atoms with Gasteiger partial charge in [-0.15, -0.1) is 11.3 Å². The number of aryl methyl sites for hydroxylation is 1. The summed E-state index contributed by atoms with van der Waals surface area (Å²) in [4.78, 5) is 19.3. The third kappa shape index (κ3) is 5.34. The van der Waals surface area contributed by atoms with Crippen LogP contribution < -0.4 is 5.32 Å². The van der Waals surface area contributed by atoms with Crippen LogP contribution in [-0.4, -0.2) is 44.9 Å². The van der Waals surface area contributed by atoms with E-state index < -0.39 is 0 Å². The van der Waals surface area contributed by atoms with Gasteiger partial charge in [-0.2, -0.15) is 5.10 Å². The van der Waals surface area contributed by atoms with E-state index >= 15 is 0 Å². The van der Waals surface area contributed by atoms with Gasteiger partial charge in [0, 0.05) is 31.6 Å². The number of H-pyrrole nitrogens is 1. The molecule has 4 rings (SSSR count). The topological polar surface area (TPSA) is 99.9 Å². The molecule has 0 fully saturated rings. The number of carbonyl (C=O) groups is 1. The molecule has 31 heavy (non-hydrogen) atoms. The Kier molecular flexibility index (Phi) is 6.37. The highest BCUT2D eigenvalue weighted by Crippen LogP contribution is 2.21. The Hall–Kier alpha value is -3.53. The van der Waals surface area contributed by atoms with Crippen LogP contribution in [0.2, 0.25) is 0 Å². The molecule has 8 nitrogen and oxygen atoms in total. The van der Waals surface area contributed by atoms with Crippen molar-refractivity contribution in [1.29, 1.82) is 0 Å². The summed E-state index contributed by atoms with van der Waals surface area (Å²) in [7, 11) is 1.73. The summed E-state index contributed by atoms with van der Waals surface area (Å²) in [5, 5.41) is 15.8. The minimum Gasteiger partial charge on any atom is -0.361 e. The van der Waals surface area contributed by atoms with Crippen LogP contribution in [0.3, 0.4) is 0 Å². The fourth-order valence-corrected chi connectivity index (χ4v) is 3.62. The lowest BCUT2D eigenvalue weighted by molar-refractivity contribution is 0.207. The molecule has 4 aromatic rings. The SMILES string of the molecule is CN(CCCc1cc(-c2ccc(F)cc2)no1)C(=O)NCc1nc(-c2cccs2)n[nH]1. The van der Waals surface area contributed by atoms with Crippen LogP contribution in [0.15, 0.2) is 52.4 Å². The molecule has 3 heterocycles. The molecule has 2 N–H and O–H groups in total. The quantitative estimate of drug-likeness (QED) is 0.430. The number of hydrogen-bond donors (Lipinski definition) is 2. The van der Waals surface area contributed by atoms with Crippen LogP contribution in [-0.2, 0) is 13.0 Å². The number of aromatic amines is 1. The van der Waals surface area contributed by atoms with Crippen LogP contribution >= 0.6 is 11.3 Å². The molecule has 10 heteroatoms. The van der Waals surface area contributed by atoms with Gasteiger partial charge < -0.3 is 14.7 Å². The molecule has 3 aromatic heterocycles. The van der Waals surface area contributed by atoms with Crippen molar-refractivity contribution in [2.75, 3.05) is 13.6 Å². The highest BCUT2D eigenvalue weighted by Gasteiger charge is 2.12. The van der Waals surface area contributed by atoms with Gasteiger partial charge in [-0.3, -0.25) is 5.10 Å². The van der Waals surface area contributed by atoms with Gasteiger partial charge in [-0.25, -0.2) is 14.2 Å². The van der Waals surface area contributed by atoms with Gasteiger partial charge in [0.2, 0.25) is 0 Å². The number of benzene rings is 1. The Morgan fingerprint density at radius 1 is 1.29 bits per heavy atom. The average molecular weight is 441 g/mol. The fraction of sp³-hybridized carbons (Fsp3) is 0.238. The van der Waals surface area contributed by atoms with E-state index in [-0.39, 0.29) is 18.4 Å². The Morgan fingerprint density at radius 2 is 2.13 bits per heavy atom. The van der Waals surface area contributed by atoms with E-state index in [2.05, 4.69) is 25.7 Å². The number of halogens is 1. The second kappa shape index (κ2) is 9.52. The molecule has 2 amide bonds. The Bertz CT molecular complexity index is 1120. The summed E-state index contributed by atoms with van der Waals surface area (Å²) in [6.45, 7) is 0.819. The predicted octanol–water partition coefficient (Wildman–Crippen LogP) is 4.10. The van der Waals surface area contributed by atoms with E-state index in [1.165, 1.54) is 12.1 Å².